The summed E-state index contributed by atoms with van der Waals surface area (Å²) < 4.78 is 6.93. The van der Waals surface area contributed by atoms with Gasteiger partial charge in [0.15, 0.2) is 8.32 Å². The molecule has 158 valence electrons. The Morgan fingerprint density at radius 2 is 0.962 bits per heavy atom. The van der Waals surface area contributed by atoms with E-state index in [0.29, 0.717) is 6.10 Å². The molecule has 0 heterocycles. The van der Waals surface area contributed by atoms with Gasteiger partial charge in [-0.15, -0.1) is 0 Å². The highest BCUT2D eigenvalue weighted by molar-refractivity contribution is 6.73. The molecule has 0 fully saturated rings. The third-order valence-electron chi connectivity index (χ3n) is 5.87. The summed E-state index contributed by atoms with van der Waals surface area (Å²) in [7, 11) is -1.48. The maximum atomic E-state index is 6.93. The van der Waals surface area contributed by atoms with Gasteiger partial charge in [-0.2, -0.15) is 0 Å². The van der Waals surface area contributed by atoms with Gasteiger partial charge in [-0.3, -0.25) is 0 Å². The molecule has 0 aliphatic carbocycles. The zero-order chi connectivity index (χ0) is 19.5. The summed E-state index contributed by atoms with van der Waals surface area (Å²) in [6.07, 6.45) is 21.3. The van der Waals surface area contributed by atoms with E-state index < -0.39 is 8.32 Å². The normalized spacial score (nSPS) is 13.3. The molecule has 0 aromatic heterocycles. The maximum Gasteiger partial charge on any atom is 0.193 e. The van der Waals surface area contributed by atoms with E-state index in [9.17, 15) is 0 Å². The second-order valence-corrected chi connectivity index (χ2v) is 12.7. The van der Waals surface area contributed by atoms with Gasteiger partial charge in [-0.25, -0.2) is 0 Å². The van der Waals surface area contributed by atoms with E-state index >= 15 is 0 Å². The Balaban J connectivity index is 4.01. The molecule has 1 atom stereocenters. The molecule has 0 aromatic rings. The van der Waals surface area contributed by atoms with Crippen molar-refractivity contribution in [3.05, 3.63) is 0 Å². The molecule has 0 amide bonds. The second-order valence-electron chi connectivity index (χ2n) is 8.55. The Kier molecular flexibility index (Phi) is 18.7. The molecule has 0 saturated carbocycles. The Morgan fingerprint density at radius 3 is 1.35 bits per heavy atom. The number of unbranched alkanes of at least 4 members (excludes halogenated alkanes) is 9. The molecule has 0 aliphatic rings. The predicted molar refractivity (Wildman–Crippen MR) is 123 cm³/mol. The summed E-state index contributed by atoms with van der Waals surface area (Å²) in [4.78, 5) is 0. The van der Waals surface area contributed by atoms with Gasteiger partial charge in [-0.1, -0.05) is 118 Å². The van der Waals surface area contributed by atoms with Crippen LogP contribution in [0.2, 0.25) is 18.1 Å². The third-order valence-corrected chi connectivity index (χ3v) is 10.9. The Bertz CT molecular complexity index is 262. The van der Waals surface area contributed by atoms with E-state index in [1.165, 1.54) is 114 Å². The predicted octanol–water partition coefficient (Wildman–Crippen LogP) is 9.27. The standard InChI is InChI=1S/C24H52OSi/c1-6-11-12-13-14-15-16-17-18-19-20-24(10-5)25-26(21-7-2,22-8-3)23-9-4/h24H,6-23H2,1-5H3. The summed E-state index contributed by atoms with van der Waals surface area (Å²) in [6, 6.07) is 4.13. The van der Waals surface area contributed by atoms with Crippen molar-refractivity contribution < 1.29 is 4.43 Å². The van der Waals surface area contributed by atoms with Crippen LogP contribution in [0.15, 0.2) is 0 Å². The van der Waals surface area contributed by atoms with Gasteiger partial charge < -0.3 is 4.43 Å². The molecular formula is C24H52OSi. The lowest BCUT2D eigenvalue weighted by molar-refractivity contribution is 0.166. The lowest BCUT2D eigenvalue weighted by atomic mass is 10.0. The maximum absolute atomic E-state index is 6.93. The molecule has 0 N–H and O–H groups in total. The largest absolute Gasteiger partial charge is 0.414 e. The summed E-state index contributed by atoms with van der Waals surface area (Å²) in [5.41, 5.74) is 0. The van der Waals surface area contributed by atoms with Gasteiger partial charge >= 0.3 is 0 Å². The van der Waals surface area contributed by atoms with Crippen molar-refractivity contribution >= 4 is 8.32 Å². The monoisotopic (exact) mass is 384 g/mol. The highest BCUT2D eigenvalue weighted by Gasteiger charge is 2.34. The van der Waals surface area contributed by atoms with Crippen molar-refractivity contribution in [1.29, 1.82) is 0 Å². The van der Waals surface area contributed by atoms with Crippen LogP contribution < -0.4 is 0 Å². The molecule has 2 heteroatoms. The van der Waals surface area contributed by atoms with Crippen LogP contribution in [-0.2, 0) is 4.43 Å². The lowest BCUT2D eigenvalue weighted by Gasteiger charge is -2.35. The van der Waals surface area contributed by atoms with Crippen molar-refractivity contribution in [3.63, 3.8) is 0 Å². The van der Waals surface area contributed by atoms with Gasteiger partial charge in [0.1, 0.15) is 0 Å². The van der Waals surface area contributed by atoms with Crippen LogP contribution in [0.3, 0.4) is 0 Å². The number of hydrogen-bond donors (Lipinski definition) is 0. The lowest BCUT2D eigenvalue weighted by Crippen LogP contribution is -2.41. The summed E-state index contributed by atoms with van der Waals surface area (Å²) in [5, 5.41) is 0. The molecule has 0 spiro atoms. The minimum atomic E-state index is -1.48. The van der Waals surface area contributed by atoms with Crippen molar-refractivity contribution in [2.45, 2.75) is 155 Å². The summed E-state index contributed by atoms with van der Waals surface area (Å²) in [6.45, 7) is 11.7. The molecule has 1 unspecified atom stereocenters. The summed E-state index contributed by atoms with van der Waals surface area (Å²) in [5.74, 6) is 0. The molecule has 0 aliphatic heterocycles. The Hall–Kier alpha value is 0.177. The van der Waals surface area contributed by atoms with Crippen molar-refractivity contribution in [3.8, 4) is 0 Å². The molecule has 0 aromatic carbocycles. The van der Waals surface area contributed by atoms with Gasteiger partial charge in [0.2, 0.25) is 0 Å². The van der Waals surface area contributed by atoms with Crippen molar-refractivity contribution in [2.75, 3.05) is 0 Å². The first kappa shape index (κ1) is 26.2. The average molecular weight is 385 g/mol. The zero-order valence-corrected chi connectivity index (χ0v) is 20.2. The van der Waals surface area contributed by atoms with Crippen molar-refractivity contribution in [2.24, 2.45) is 0 Å². The molecule has 0 bridgehead atoms. The molecule has 26 heavy (non-hydrogen) atoms. The number of hydrogen-bond acceptors (Lipinski definition) is 1. The fourth-order valence-corrected chi connectivity index (χ4v) is 9.31. The minimum absolute atomic E-state index is 0.542. The van der Waals surface area contributed by atoms with Crippen LogP contribution in [0.25, 0.3) is 0 Å². The number of rotatable bonds is 20. The van der Waals surface area contributed by atoms with E-state index in [1.54, 1.807) is 0 Å². The van der Waals surface area contributed by atoms with Crippen molar-refractivity contribution in [1.82, 2.24) is 0 Å². The summed E-state index contributed by atoms with van der Waals surface area (Å²) >= 11 is 0. The van der Waals surface area contributed by atoms with Gasteiger partial charge in [0, 0.05) is 6.10 Å². The average Bonchev–Trinajstić information content (AvgIpc) is 2.63. The highest BCUT2D eigenvalue weighted by Crippen LogP contribution is 2.30. The first-order chi connectivity index (χ1) is 12.7. The van der Waals surface area contributed by atoms with E-state index in [2.05, 4.69) is 34.6 Å². The molecule has 1 nitrogen and oxygen atoms in total. The van der Waals surface area contributed by atoms with Crippen LogP contribution >= 0.6 is 0 Å². The van der Waals surface area contributed by atoms with E-state index in [-0.39, 0.29) is 0 Å². The van der Waals surface area contributed by atoms with Gasteiger partial charge in [0.25, 0.3) is 0 Å². The topological polar surface area (TPSA) is 9.23 Å². The van der Waals surface area contributed by atoms with Gasteiger partial charge in [-0.05, 0) is 31.0 Å². The first-order valence-electron chi connectivity index (χ1n) is 12.4. The fraction of sp³-hybridized carbons (Fsp3) is 1.00. The Labute approximate surface area is 168 Å². The quantitative estimate of drug-likeness (QED) is 0.150. The van der Waals surface area contributed by atoms with E-state index in [1.807, 2.05) is 0 Å². The fourth-order valence-electron chi connectivity index (χ4n) is 4.48. The third kappa shape index (κ3) is 13.4. The Morgan fingerprint density at radius 1 is 0.538 bits per heavy atom. The van der Waals surface area contributed by atoms with Crippen LogP contribution in [0.1, 0.15) is 131 Å². The zero-order valence-electron chi connectivity index (χ0n) is 19.2. The minimum Gasteiger partial charge on any atom is -0.414 e. The van der Waals surface area contributed by atoms with Gasteiger partial charge in [0.05, 0.1) is 0 Å². The molecule has 0 radical (unpaired) electrons. The first-order valence-corrected chi connectivity index (χ1v) is 14.9. The van der Waals surface area contributed by atoms with Crippen LogP contribution in [0.5, 0.6) is 0 Å². The molecular weight excluding hydrogens is 332 g/mol. The molecule has 0 saturated heterocycles. The smallest absolute Gasteiger partial charge is 0.193 e. The van der Waals surface area contributed by atoms with E-state index in [4.69, 9.17) is 4.43 Å². The van der Waals surface area contributed by atoms with Crippen LogP contribution in [0.4, 0.5) is 0 Å². The highest BCUT2D eigenvalue weighted by atomic mass is 28.4. The second kappa shape index (κ2) is 18.5. The molecule has 0 rings (SSSR count). The SMILES string of the molecule is CCCCCCCCCCCCC(CC)O[Si](CCC)(CCC)CCC. The van der Waals surface area contributed by atoms with E-state index in [0.717, 1.165) is 0 Å². The van der Waals surface area contributed by atoms with Crippen LogP contribution in [0, 0.1) is 0 Å². The van der Waals surface area contributed by atoms with Crippen LogP contribution in [-0.4, -0.2) is 14.4 Å².